The predicted octanol–water partition coefficient (Wildman–Crippen LogP) is 16.0. The number of thiophene rings is 1. The molecule has 0 saturated heterocycles. The second-order valence-corrected chi connectivity index (χ2v) is 18.2. The highest BCUT2D eigenvalue weighted by atomic mass is 32.1. The van der Waals surface area contributed by atoms with Crippen molar-refractivity contribution in [2.24, 2.45) is 0 Å². The van der Waals surface area contributed by atoms with Crippen molar-refractivity contribution in [3.63, 3.8) is 0 Å². The lowest BCUT2D eigenvalue weighted by atomic mass is 9.81. The monoisotopic (exact) mass is 853 g/mol. The molecule has 0 bridgehead atoms. The molecule has 0 atom stereocenters. The summed E-state index contributed by atoms with van der Waals surface area (Å²) in [5.41, 5.74) is 13.6. The maximum absolute atomic E-state index is 9.05. The highest BCUT2D eigenvalue weighted by molar-refractivity contribution is 7.26. The van der Waals surface area contributed by atoms with Crippen LogP contribution in [-0.4, -0.2) is 19.5 Å². The van der Waals surface area contributed by atoms with Gasteiger partial charge in [-0.15, -0.1) is 11.3 Å². The average Bonchev–Trinajstić information content (AvgIpc) is 4.03. The lowest BCUT2D eigenvalue weighted by molar-refractivity contribution is 0.664. The van der Waals surface area contributed by atoms with E-state index in [1.807, 2.05) is 36.4 Å². The Morgan fingerprint density at radius 1 is 0.446 bits per heavy atom. The third-order valence-electron chi connectivity index (χ3n) is 13.1. The molecule has 0 radical (unpaired) electrons. The molecule has 4 nitrogen and oxygen atoms in total. The second-order valence-electron chi connectivity index (χ2n) is 17.2. The fourth-order valence-electron chi connectivity index (χ4n) is 10.2. The van der Waals surface area contributed by atoms with Crippen LogP contribution in [-0.2, 0) is 5.41 Å². The molecule has 9 aromatic carbocycles. The molecule has 0 spiro atoms. The van der Waals surface area contributed by atoms with Gasteiger partial charge in [-0.1, -0.05) is 196 Å². The van der Waals surface area contributed by atoms with Gasteiger partial charge < -0.3 is 4.57 Å². The third kappa shape index (κ3) is 5.86. The number of aromatic nitrogens is 4. The van der Waals surface area contributed by atoms with Gasteiger partial charge in [-0.05, 0) is 68.8 Å². The van der Waals surface area contributed by atoms with Crippen molar-refractivity contribution in [3.8, 4) is 73.2 Å². The Hall–Kier alpha value is -7.99. The van der Waals surface area contributed by atoms with E-state index in [1.165, 1.54) is 22.3 Å². The van der Waals surface area contributed by atoms with E-state index in [0.717, 1.165) is 75.5 Å². The molecule has 0 fully saturated rings. The molecule has 1 aliphatic rings. The maximum Gasteiger partial charge on any atom is 0.165 e. The second kappa shape index (κ2) is 14.5. The van der Waals surface area contributed by atoms with Gasteiger partial charge in [0.05, 0.1) is 17.9 Å². The maximum atomic E-state index is 9.05. The largest absolute Gasteiger partial charge is 0.309 e. The Kier molecular flexibility index (Phi) is 7.30. The third-order valence-corrected chi connectivity index (χ3v) is 14.4. The van der Waals surface area contributed by atoms with Crippen LogP contribution in [0.25, 0.3) is 115 Å². The van der Waals surface area contributed by atoms with E-state index in [1.54, 1.807) is 11.3 Å². The number of fused-ring (bicyclic) bond motifs is 10. The fourth-order valence-corrected chi connectivity index (χ4v) is 11.5. The zero-order valence-corrected chi connectivity index (χ0v) is 36.3. The molecular weight excluding hydrogens is 809 g/mol. The van der Waals surface area contributed by atoms with E-state index in [4.69, 9.17) is 21.8 Å². The van der Waals surface area contributed by atoms with E-state index in [2.05, 4.69) is 158 Å². The summed E-state index contributed by atoms with van der Waals surface area (Å²) in [4.78, 5) is 15.3. The molecule has 1 aliphatic carbocycles. The summed E-state index contributed by atoms with van der Waals surface area (Å²) in [5, 5.41) is 4.38. The van der Waals surface area contributed by atoms with Crippen LogP contribution in [0.15, 0.2) is 206 Å². The SMILES string of the molecule is [2H]c1c([2H])c([2H])c(-c2nc(-c3ccccc3)nc(-c3cc(-n4c5ccccc5c5ccc6c(c54)C(C)(C)c4ccccc4-6)cc4c3sc3c(-c5cccc(-c6ccccc6)c5)cccc34)n2)c([2H])c1[2H]. The molecule has 5 heteroatoms. The summed E-state index contributed by atoms with van der Waals surface area (Å²) in [6.07, 6.45) is 0. The molecule has 13 rings (SSSR count). The minimum absolute atomic E-state index is 0.00636. The van der Waals surface area contributed by atoms with Gasteiger partial charge in [0, 0.05) is 58.7 Å². The minimum atomic E-state index is -0.481. The number of nitrogens with zero attached hydrogens (tertiary/aromatic N) is 4. The quantitative estimate of drug-likeness (QED) is 0.167. The summed E-state index contributed by atoms with van der Waals surface area (Å²) < 4.78 is 48.2. The molecule has 0 N–H and O–H groups in total. The van der Waals surface area contributed by atoms with Gasteiger partial charge in [0.15, 0.2) is 17.5 Å². The fraction of sp³-hybridized carbons (Fsp3) is 0.0500. The van der Waals surface area contributed by atoms with Gasteiger partial charge in [-0.25, -0.2) is 15.0 Å². The van der Waals surface area contributed by atoms with Crippen molar-refractivity contribution in [1.82, 2.24) is 19.5 Å². The number of rotatable bonds is 6. The van der Waals surface area contributed by atoms with Crippen LogP contribution in [0.3, 0.4) is 0 Å². The van der Waals surface area contributed by atoms with Gasteiger partial charge in [0.1, 0.15) is 0 Å². The van der Waals surface area contributed by atoms with Crippen LogP contribution in [0.4, 0.5) is 0 Å². The number of hydrogen-bond donors (Lipinski definition) is 0. The molecule has 0 unspecified atom stereocenters. The summed E-state index contributed by atoms with van der Waals surface area (Å²) in [5.74, 6) is 0.633. The Balaban J connectivity index is 1.16. The summed E-state index contributed by atoms with van der Waals surface area (Å²) in [6, 6.07) is 59.4. The van der Waals surface area contributed by atoms with E-state index in [0.29, 0.717) is 17.2 Å². The predicted molar refractivity (Wildman–Crippen MR) is 272 cm³/mol. The van der Waals surface area contributed by atoms with Crippen LogP contribution < -0.4 is 0 Å². The van der Waals surface area contributed by atoms with Crippen LogP contribution >= 0.6 is 11.3 Å². The molecule has 65 heavy (non-hydrogen) atoms. The summed E-state index contributed by atoms with van der Waals surface area (Å²) in [6.45, 7) is 4.65. The van der Waals surface area contributed by atoms with Crippen molar-refractivity contribution in [2.45, 2.75) is 19.3 Å². The first-order valence-electron chi connectivity index (χ1n) is 24.3. The smallest absolute Gasteiger partial charge is 0.165 e. The number of benzene rings is 9. The Labute approximate surface area is 387 Å². The van der Waals surface area contributed by atoms with Gasteiger partial charge in [0.25, 0.3) is 0 Å². The number of hydrogen-bond acceptors (Lipinski definition) is 4. The number of para-hydroxylation sites is 1. The van der Waals surface area contributed by atoms with E-state index in [-0.39, 0.29) is 28.9 Å². The Morgan fingerprint density at radius 3 is 1.91 bits per heavy atom. The zero-order chi connectivity index (χ0) is 47.6. The Bertz CT molecular complexity index is 4130. The van der Waals surface area contributed by atoms with Crippen LogP contribution in [0, 0.1) is 0 Å². The van der Waals surface area contributed by atoms with Gasteiger partial charge >= 0.3 is 0 Å². The van der Waals surface area contributed by atoms with Gasteiger partial charge in [-0.2, -0.15) is 0 Å². The summed E-state index contributed by atoms with van der Waals surface area (Å²) >= 11 is 1.68. The molecule has 0 saturated carbocycles. The molecular formula is C60H40N4S. The van der Waals surface area contributed by atoms with Crippen LogP contribution in [0.2, 0.25) is 0 Å². The van der Waals surface area contributed by atoms with E-state index in [9.17, 15) is 0 Å². The standard InChI is InChI=1S/C60H40N4S/c1-60(2)51-30-14-12-26-44(51)46-32-33-47-45-27-13-15-31-52(45)64(54(47)53(46)60)42-35-49-48-29-17-28-43(41-25-16-24-40(34-41)37-18-6-3-7-19-37)55(48)65-56(49)50(36-42)59-62-57(38-20-8-4-9-21-38)61-58(63-59)39-22-10-5-11-23-39/h3-36H,1-2H3/i4D,8D,9D,20D,21D. The van der Waals surface area contributed by atoms with Crippen molar-refractivity contribution >= 4 is 53.3 Å². The van der Waals surface area contributed by atoms with E-state index >= 15 is 0 Å². The molecule has 12 aromatic rings. The van der Waals surface area contributed by atoms with Crippen LogP contribution in [0.1, 0.15) is 31.8 Å². The van der Waals surface area contributed by atoms with Crippen molar-refractivity contribution in [3.05, 3.63) is 217 Å². The lowest BCUT2D eigenvalue weighted by Crippen LogP contribution is -2.16. The molecule has 306 valence electrons. The van der Waals surface area contributed by atoms with Gasteiger partial charge in [0.2, 0.25) is 0 Å². The lowest BCUT2D eigenvalue weighted by Gasteiger charge is -2.24. The van der Waals surface area contributed by atoms with Crippen molar-refractivity contribution < 1.29 is 6.85 Å². The van der Waals surface area contributed by atoms with Crippen molar-refractivity contribution in [1.29, 1.82) is 0 Å². The molecule has 0 aliphatic heterocycles. The molecule has 0 amide bonds. The topological polar surface area (TPSA) is 43.6 Å². The first-order chi connectivity index (χ1) is 34.1. The Morgan fingerprint density at radius 2 is 1.08 bits per heavy atom. The highest BCUT2D eigenvalue weighted by Crippen LogP contribution is 2.54. The highest BCUT2D eigenvalue weighted by Gasteiger charge is 2.38. The average molecular weight is 854 g/mol. The first kappa shape index (κ1) is 32.7. The molecule has 3 heterocycles. The zero-order valence-electron chi connectivity index (χ0n) is 40.4. The van der Waals surface area contributed by atoms with Crippen molar-refractivity contribution in [2.75, 3.05) is 0 Å². The minimum Gasteiger partial charge on any atom is -0.309 e. The van der Waals surface area contributed by atoms with E-state index < -0.39 is 18.1 Å². The first-order valence-corrected chi connectivity index (χ1v) is 22.6. The van der Waals surface area contributed by atoms with Gasteiger partial charge in [-0.3, -0.25) is 0 Å². The summed E-state index contributed by atoms with van der Waals surface area (Å²) in [7, 11) is 0. The normalized spacial score (nSPS) is 14.0. The molecule has 3 aromatic heterocycles. The van der Waals surface area contributed by atoms with Crippen LogP contribution in [0.5, 0.6) is 0 Å².